The number of hydrogen-bond acceptors (Lipinski definition) is 2. The lowest BCUT2D eigenvalue weighted by molar-refractivity contribution is -0.119. The Balaban J connectivity index is 1.38. The number of hydrogen-bond donors (Lipinski definition) is 1. The van der Waals surface area contributed by atoms with Gasteiger partial charge in [0.1, 0.15) is 0 Å². The lowest BCUT2D eigenvalue weighted by Gasteiger charge is -2.59. The molecule has 1 N–H and O–H groups in total. The fourth-order valence-electron chi connectivity index (χ4n) is 8.21. The van der Waals surface area contributed by atoms with E-state index in [0.29, 0.717) is 16.9 Å². The van der Waals surface area contributed by atoms with E-state index in [0.717, 1.165) is 49.5 Å². The number of epoxide rings is 1. The van der Waals surface area contributed by atoms with Gasteiger partial charge >= 0.3 is 0 Å². The van der Waals surface area contributed by atoms with Gasteiger partial charge in [0.15, 0.2) is 0 Å². The SMILES string of the molecule is CCC[C@]1(O)CCC2C3CCC4C[C@@]5(CCC4(C)C3CCC21)CO5. The van der Waals surface area contributed by atoms with Crippen LogP contribution in [0.1, 0.15) is 84.5 Å². The number of ether oxygens (including phenoxy) is 1. The van der Waals surface area contributed by atoms with Crippen molar-refractivity contribution in [2.45, 2.75) is 95.7 Å². The highest BCUT2D eigenvalue weighted by atomic mass is 16.6. The summed E-state index contributed by atoms with van der Waals surface area (Å²) in [7, 11) is 0. The second-order valence-corrected chi connectivity index (χ2v) is 10.5. The Kier molecular flexibility index (Phi) is 3.51. The van der Waals surface area contributed by atoms with Gasteiger partial charge in [-0.25, -0.2) is 0 Å². The van der Waals surface area contributed by atoms with Gasteiger partial charge < -0.3 is 9.84 Å². The lowest BCUT2D eigenvalue weighted by Crippen LogP contribution is -2.53. The summed E-state index contributed by atoms with van der Waals surface area (Å²) in [6, 6.07) is 0. The highest BCUT2D eigenvalue weighted by Crippen LogP contribution is 2.66. The van der Waals surface area contributed by atoms with E-state index in [4.69, 9.17) is 4.74 Å². The smallest absolute Gasteiger partial charge is 0.0919 e. The van der Waals surface area contributed by atoms with Gasteiger partial charge in [0, 0.05) is 0 Å². The largest absolute Gasteiger partial charge is 0.390 e. The third-order valence-electron chi connectivity index (χ3n) is 9.57. The first-order chi connectivity index (χ1) is 11.5. The topological polar surface area (TPSA) is 32.8 Å². The Morgan fingerprint density at radius 2 is 1.71 bits per heavy atom. The van der Waals surface area contributed by atoms with Crippen molar-refractivity contribution in [2.75, 3.05) is 6.61 Å². The average molecular weight is 333 g/mol. The normalized spacial score (nSPS) is 58.9. The van der Waals surface area contributed by atoms with Crippen molar-refractivity contribution in [1.82, 2.24) is 0 Å². The van der Waals surface area contributed by atoms with Gasteiger partial charge in [0.05, 0.1) is 17.8 Å². The van der Waals surface area contributed by atoms with E-state index in [-0.39, 0.29) is 5.60 Å². The molecule has 0 amide bonds. The highest BCUT2D eigenvalue weighted by Gasteiger charge is 2.62. The lowest BCUT2D eigenvalue weighted by atomic mass is 9.46. The van der Waals surface area contributed by atoms with Crippen LogP contribution in [0, 0.1) is 35.0 Å². The van der Waals surface area contributed by atoms with E-state index in [1.807, 2.05) is 0 Å². The van der Waals surface area contributed by atoms with Crippen molar-refractivity contribution in [3.05, 3.63) is 0 Å². The Hall–Kier alpha value is -0.0800. The van der Waals surface area contributed by atoms with Crippen molar-refractivity contribution in [1.29, 1.82) is 0 Å². The summed E-state index contributed by atoms with van der Waals surface area (Å²) in [5, 5.41) is 11.2. The van der Waals surface area contributed by atoms with Gasteiger partial charge in [0.25, 0.3) is 0 Å². The van der Waals surface area contributed by atoms with Crippen LogP contribution in [-0.4, -0.2) is 22.9 Å². The summed E-state index contributed by atoms with van der Waals surface area (Å²) in [5.74, 6) is 4.18. The van der Waals surface area contributed by atoms with Crippen molar-refractivity contribution in [2.24, 2.45) is 35.0 Å². The second-order valence-electron chi connectivity index (χ2n) is 10.5. The molecule has 136 valence electrons. The first kappa shape index (κ1) is 16.1. The fourth-order valence-corrected chi connectivity index (χ4v) is 8.21. The second kappa shape index (κ2) is 5.22. The Morgan fingerprint density at radius 3 is 2.46 bits per heavy atom. The maximum absolute atomic E-state index is 11.2. The molecule has 1 heterocycles. The van der Waals surface area contributed by atoms with Crippen molar-refractivity contribution >= 4 is 0 Å². The van der Waals surface area contributed by atoms with Crippen LogP contribution in [0.5, 0.6) is 0 Å². The molecule has 5 aliphatic rings. The molecule has 6 unspecified atom stereocenters. The average Bonchev–Trinajstić information content (AvgIpc) is 3.24. The molecule has 4 saturated carbocycles. The monoisotopic (exact) mass is 332 g/mol. The molecule has 1 aliphatic heterocycles. The van der Waals surface area contributed by atoms with Gasteiger partial charge in [-0.3, -0.25) is 0 Å². The van der Waals surface area contributed by atoms with E-state index in [2.05, 4.69) is 13.8 Å². The third kappa shape index (κ3) is 2.14. The zero-order valence-electron chi connectivity index (χ0n) is 15.7. The Labute approximate surface area is 147 Å². The molecule has 1 spiro atoms. The summed E-state index contributed by atoms with van der Waals surface area (Å²) in [4.78, 5) is 0. The van der Waals surface area contributed by atoms with Crippen LogP contribution in [0.15, 0.2) is 0 Å². The maximum Gasteiger partial charge on any atom is 0.0919 e. The van der Waals surface area contributed by atoms with E-state index in [1.165, 1.54) is 51.4 Å². The molecule has 2 nitrogen and oxygen atoms in total. The summed E-state index contributed by atoms with van der Waals surface area (Å²) >= 11 is 0. The van der Waals surface area contributed by atoms with Crippen molar-refractivity contribution in [3.63, 3.8) is 0 Å². The first-order valence-corrected chi connectivity index (χ1v) is 10.9. The molecular weight excluding hydrogens is 296 g/mol. The zero-order valence-corrected chi connectivity index (χ0v) is 15.7. The predicted molar refractivity (Wildman–Crippen MR) is 95.7 cm³/mol. The molecule has 0 bridgehead atoms. The molecule has 5 fully saturated rings. The molecular formula is C22H36O2. The minimum absolute atomic E-state index is 0.319. The molecule has 2 heteroatoms. The molecule has 1 saturated heterocycles. The number of aliphatic hydroxyl groups is 1. The van der Waals surface area contributed by atoms with Gasteiger partial charge in [0.2, 0.25) is 0 Å². The Bertz CT molecular complexity index is 512. The molecule has 24 heavy (non-hydrogen) atoms. The molecule has 0 aromatic carbocycles. The number of rotatable bonds is 2. The molecule has 0 radical (unpaired) electrons. The standard InChI is InChI=1S/C22H36O2/c1-3-9-22(23)10-8-17-16-5-4-15-13-21(14-24-21)12-11-20(15,2)18(16)6-7-19(17)22/h15-19,23H,3-14H2,1-2H3/t15?,16?,17?,18?,19?,20?,21-,22-/m0/s1. The summed E-state index contributed by atoms with van der Waals surface area (Å²) in [6.07, 6.45) is 14.2. The van der Waals surface area contributed by atoms with E-state index in [1.54, 1.807) is 0 Å². The number of fused-ring (bicyclic) bond motifs is 5. The van der Waals surface area contributed by atoms with Crippen LogP contribution in [0.2, 0.25) is 0 Å². The minimum atomic E-state index is -0.319. The van der Waals surface area contributed by atoms with Crippen LogP contribution < -0.4 is 0 Å². The fraction of sp³-hybridized carbons (Fsp3) is 1.00. The van der Waals surface area contributed by atoms with Crippen LogP contribution >= 0.6 is 0 Å². The van der Waals surface area contributed by atoms with E-state index >= 15 is 0 Å². The molecule has 5 rings (SSSR count). The predicted octanol–water partition coefficient (Wildman–Crippen LogP) is 4.94. The van der Waals surface area contributed by atoms with Crippen molar-refractivity contribution in [3.8, 4) is 0 Å². The summed E-state index contributed by atoms with van der Waals surface area (Å²) < 4.78 is 5.86. The Morgan fingerprint density at radius 1 is 0.958 bits per heavy atom. The van der Waals surface area contributed by atoms with Gasteiger partial charge in [-0.15, -0.1) is 0 Å². The minimum Gasteiger partial charge on any atom is -0.390 e. The molecule has 4 aliphatic carbocycles. The highest BCUT2D eigenvalue weighted by molar-refractivity contribution is 5.12. The van der Waals surface area contributed by atoms with E-state index < -0.39 is 0 Å². The summed E-state index contributed by atoms with van der Waals surface area (Å²) in [6.45, 7) is 5.92. The van der Waals surface area contributed by atoms with Crippen LogP contribution in [-0.2, 0) is 4.74 Å². The molecule has 8 atom stereocenters. The van der Waals surface area contributed by atoms with Gasteiger partial charge in [-0.2, -0.15) is 0 Å². The van der Waals surface area contributed by atoms with Crippen LogP contribution in [0.4, 0.5) is 0 Å². The maximum atomic E-state index is 11.2. The van der Waals surface area contributed by atoms with Gasteiger partial charge in [-0.1, -0.05) is 20.3 Å². The van der Waals surface area contributed by atoms with Crippen LogP contribution in [0.25, 0.3) is 0 Å². The quantitative estimate of drug-likeness (QED) is 0.727. The third-order valence-corrected chi connectivity index (χ3v) is 9.57. The molecule has 0 aromatic rings. The zero-order chi connectivity index (χ0) is 16.6. The van der Waals surface area contributed by atoms with Crippen molar-refractivity contribution < 1.29 is 9.84 Å². The van der Waals surface area contributed by atoms with E-state index in [9.17, 15) is 5.11 Å². The molecule has 0 aromatic heterocycles. The summed E-state index contributed by atoms with van der Waals surface area (Å²) in [5.41, 5.74) is 0.570. The van der Waals surface area contributed by atoms with Gasteiger partial charge in [-0.05, 0) is 99.2 Å². The van der Waals surface area contributed by atoms with Crippen LogP contribution in [0.3, 0.4) is 0 Å². The first-order valence-electron chi connectivity index (χ1n) is 10.9.